The van der Waals surface area contributed by atoms with Crippen LogP contribution in [0.1, 0.15) is 53.7 Å². The van der Waals surface area contributed by atoms with Crippen LogP contribution in [0.3, 0.4) is 0 Å². The quantitative estimate of drug-likeness (QED) is 0.589. The number of nitrogens with zero attached hydrogens (tertiary/aromatic N) is 1. The Morgan fingerprint density at radius 3 is 2.57 bits per heavy atom. The fourth-order valence-electron chi connectivity index (χ4n) is 4.24. The van der Waals surface area contributed by atoms with Gasteiger partial charge < -0.3 is 9.88 Å². The van der Waals surface area contributed by atoms with E-state index in [0.29, 0.717) is 11.6 Å². The number of rotatable bonds is 6. The summed E-state index contributed by atoms with van der Waals surface area (Å²) in [6, 6.07) is 14.6. The van der Waals surface area contributed by atoms with Crippen molar-refractivity contribution < 1.29 is 9.18 Å². The van der Waals surface area contributed by atoms with Crippen molar-refractivity contribution in [2.75, 3.05) is 19.6 Å². The highest BCUT2D eigenvalue weighted by Crippen LogP contribution is 2.30. The van der Waals surface area contributed by atoms with Gasteiger partial charge in [-0.25, -0.2) is 4.39 Å². The summed E-state index contributed by atoms with van der Waals surface area (Å²) < 4.78 is 13.0. The maximum Gasteiger partial charge on any atom is 0.183 e. The smallest absolute Gasteiger partial charge is 0.183 e. The summed E-state index contributed by atoms with van der Waals surface area (Å²) in [4.78, 5) is 18.4. The number of hydrogen-bond acceptors (Lipinski definition) is 2. The van der Waals surface area contributed by atoms with Gasteiger partial charge in [0.15, 0.2) is 5.78 Å². The van der Waals surface area contributed by atoms with Gasteiger partial charge in [-0.3, -0.25) is 4.79 Å². The third-order valence-electron chi connectivity index (χ3n) is 5.82. The first-order valence-electron chi connectivity index (χ1n) is 10.2. The molecule has 1 aliphatic rings. The van der Waals surface area contributed by atoms with Gasteiger partial charge in [0.2, 0.25) is 0 Å². The number of H-pyrrole nitrogens is 1. The van der Waals surface area contributed by atoms with Crippen molar-refractivity contribution in [2.24, 2.45) is 0 Å². The zero-order valence-electron chi connectivity index (χ0n) is 16.4. The molecule has 1 N–H and O–H groups in total. The number of halogens is 1. The van der Waals surface area contributed by atoms with Crippen molar-refractivity contribution in [3.8, 4) is 0 Å². The van der Waals surface area contributed by atoms with E-state index in [4.69, 9.17) is 0 Å². The van der Waals surface area contributed by atoms with E-state index in [2.05, 4.69) is 35.0 Å². The van der Waals surface area contributed by atoms with Gasteiger partial charge in [-0.05, 0) is 86.3 Å². The van der Waals surface area contributed by atoms with Gasteiger partial charge in [-0.2, -0.15) is 0 Å². The number of nitrogens with one attached hydrogen (secondary N) is 1. The first-order valence-corrected chi connectivity index (χ1v) is 10.2. The first-order chi connectivity index (χ1) is 13.6. The highest BCUT2D eigenvalue weighted by Gasteiger charge is 2.20. The van der Waals surface area contributed by atoms with Crippen LogP contribution in [0.5, 0.6) is 0 Å². The summed E-state index contributed by atoms with van der Waals surface area (Å²) in [5.74, 6) is 0.345. The molecule has 1 fully saturated rings. The number of carbonyl (C=O) groups excluding carboxylic acids is 1. The molecule has 146 valence electrons. The fraction of sp³-hybridized carbons (Fsp3) is 0.375. The lowest BCUT2D eigenvalue weighted by Gasteiger charge is -2.31. The van der Waals surface area contributed by atoms with E-state index in [9.17, 15) is 9.18 Å². The van der Waals surface area contributed by atoms with Crippen molar-refractivity contribution in [1.29, 1.82) is 0 Å². The molecule has 1 aromatic heterocycles. The van der Waals surface area contributed by atoms with Crippen LogP contribution in [0.25, 0.3) is 10.9 Å². The number of aromatic amines is 1. The van der Waals surface area contributed by atoms with Crippen molar-refractivity contribution in [1.82, 2.24) is 9.88 Å². The van der Waals surface area contributed by atoms with E-state index in [1.165, 1.54) is 56.6 Å². The van der Waals surface area contributed by atoms with Gasteiger partial charge >= 0.3 is 0 Å². The average Bonchev–Trinajstić information content (AvgIpc) is 3.14. The number of piperidine rings is 1. The number of hydrogen-bond donors (Lipinski definition) is 1. The summed E-state index contributed by atoms with van der Waals surface area (Å²) in [5.41, 5.74) is 3.81. The van der Waals surface area contributed by atoms with Crippen LogP contribution in [-0.2, 0) is 6.42 Å². The van der Waals surface area contributed by atoms with Crippen molar-refractivity contribution in [2.45, 2.75) is 38.5 Å². The lowest BCUT2D eigenvalue weighted by Crippen LogP contribution is -2.33. The molecule has 3 aromatic rings. The molecule has 0 bridgehead atoms. The Morgan fingerprint density at radius 2 is 1.86 bits per heavy atom. The number of benzene rings is 2. The number of carbonyl (C=O) groups is 1. The lowest BCUT2D eigenvalue weighted by molar-refractivity contribution is 0.0989. The van der Waals surface area contributed by atoms with Gasteiger partial charge in [0.1, 0.15) is 5.82 Å². The Morgan fingerprint density at radius 1 is 1.11 bits per heavy atom. The minimum atomic E-state index is -0.283. The molecule has 0 radical (unpaired) electrons. The van der Waals surface area contributed by atoms with Crippen molar-refractivity contribution in [3.63, 3.8) is 0 Å². The van der Waals surface area contributed by atoms with E-state index < -0.39 is 0 Å². The molecule has 0 amide bonds. The molecule has 1 saturated heterocycles. The normalized spacial score (nSPS) is 15.9. The molecule has 2 aromatic carbocycles. The van der Waals surface area contributed by atoms with E-state index in [-0.39, 0.29) is 18.0 Å². The lowest BCUT2D eigenvalue weighted by atomic mass is 9.89. The summed E-state index contributed by atoms with van der Waals surface area (Å²) in [5, 5.41) is 1.09. The van der Waals surface area contributed by atoms with E-state index in [0.717, 1.165) is 16.5 Å². The molecule has 0 aliphatic carbocycles. The van der Waals surface area contributed by atoms with Crippen LogP contribution in [0.4, 0.5) is 4.39 Å². The highest BCUT2D eigenvalue weighted by molar-refractivity contribution is 6.00. The molecule has 0 atom stereocenters. The van der Waals surface area contributed by atoms with Crippen LogP contribution in [0.15, 0.2) is 48.5 Å². The monoisotopic (exact) mass is 378 g/mol. The number of likely N-dealkylation sites (tertiary alicyclic amines) is 1. The largest absolute Gasteiger partial charge is 0.352 e. The Bertz CT molecular complexity index is 952. The van der Waals surface area contributed by atoms with Crippen molar-refractivity contribution in [3.05, 3.63) is 71.2 Å². The van der Waals surface area contributed by atoms with Crippen LogP contribution >= 0.6 is 0 Å². The third-order valence-corrected chi connectivity index (χ3v) is 5.82. The Labute approximate surface area is 165 Å². The molecule has 0 unspecified atom stereocenters. The SMILES string of the molecule is CCCN1CCC(c2ccc3[nH]c(C(=O)Cc4ccc(F)cc4)cc3c2)CC1. The molecule has 3 nitrogen and oxygen atoms in total. The van der Waals surface area contributed by atoms with E-state index in [1.807, 2.05) is 6.07 Å². The molecule has 0 spiro atoms. The maximum absolute atomic E-state index is 13.0. The second-order valence-electron chi connectivity index (χ2n) is 7.87. The zero-order valence-corrected chi connectivity index (χ0v) is 16.4. The second kappa shape index (κ2) is 8.27. The topological polar surface area (TPSA) is 36.1 Å². The summed E-state index contributed by atoms with van der Waals surface area (Å²) in [6.07, 6.45) is 3.89. The molecule has 28 heavy (non-hydrogen) atoms. The summed E-state index contributed by atoms with van der Waals surface area (Å²) in [6.45, 7) is 5.78. The van der Waals surface area contributed by atoms with E-state index in [1.54, 1.807) is 12.1 Å². The van der Waals surface area contributed by atoms with Crippen molar-refractivity contribution >= 4 is 16.7 Å². The number of fused-ring (bicyclic) bond motifs is 1. The van der Waals surface area contributed by atoms with Gasteiger partial charge in [-0.15, -0.1) is 0 Å². The van der Waals surface area contributed by atoms with E-state index >= 15 is 0 Å². The van der Waals surface area contributed by atoms with Crippen LogP contribution in [0, 0.1) is 5.82 Å². The third kappa shape index (κ3) is 4.17. The molecule has 0 saturated carbocycles. The first kappa shape index (κ1) is 18.9. The van der Waals surface area contributed by atoms with Gasteiger partial charge in [0, 0.05) is 17.3 Å². The molecule has 2 heterocycles. The number of aromatic nitrogens is 1. The predicted molar refractivity (Wildman–Crippen MR) is 111 cm³/mol. The average molecular weight is 378 g/mol. The minimum Gasteiger partial charge on any atom is -0.352 e. The molecular weight excluding hydrogens is 351 g/mol. The fourth-order valence-corrected chi connectivity index (χ4v) is 4.24. The number of Topliss-reactive ketones (excluding diaryl/α,β-unsaturated/α-hetero) is 1. The summed E-state index contributed by atoms with van der Waals surface area (Å²) in [7, 11) is 0. The van der Waals surface area contributed by atoms with Gasteiger partial charge in [-0.1, -0.05) is 25.1 Å². The van der Waals surface area contributed by atoms with Crippen LogP contribution < -0.4 is 0 Å². The highest BCUT2D eigenvalue weighted by atomic mass is 19.1. The van der Waals surface area contributed by atoms with Gasteiger partial charge in [0.05, 0.1) is 5.69 Å². The zero-order chi connectivity index (χ0) is 19.5. The Hall–Kier alpha value is -2.46. The minimum absolute atomic E-state index is 0.0252. The van der Waals surface area contributed by atoms with Gasteiger partial charge in [0.25, 0.3) is 0 Å². The summed E-state index contributed by atoms with van der Waals surface area (Å²) >= 11 is 0. The number of ketones is 1. The molecule has 4 heteroatoms. The molecular formula is C24H27FN2O. The predicted octanol–water partition coefficient (Wildman–Crippen LogP) is 5.32. The van der Waals surface area contributed by atoms with Crippen LogP contribution in [-0.4, -0.2) is 35.3 Å². The Balaban J connectivity index is 1.47. The second-order valence-corrected chi connectivity index (χ2v) is 7.87. The maximum atomic E-state index is 13.0. The molecule has 1 aliphatic heterocycles. The Kier molecular flexibility index (Phi) is 5.58. The molecule has 4 rings (SSSR count). The van der Waals surface area contributed by atoms with Crippen LogP contribution in [0.2, 0.25) is 0 Å². The standard InChI is InChI=1S/C24H27FN2O/c1-2-11-27-12-9-18(10-13-27)19-5-8-22-20(15-19)16-23(26-22)24(28)14-17-3-6-21(25)7-4-17/h3-8,15-16,18,26H,2,9-14H2,1H3.